The van der Waals surface area contributed by atoms with Gasteiger partial charge in [0, 0.05) is 6.04 Å². The van der Waals surface area contributed by atoms with Crippen LogP contribution in [0.1, 0.15) is 32.8 Å². The van der Waals surface area contributed by atoms with E-state index in [1.54, 1.807) is 20.8 Å². The van der Waals surface area contributed by atoms with Crippen LogP contribution >= 0.6 is 11.6 Å². The molecule has 5 nitrogen and oxygen atoms in total. The van der Waals surface area contributed by atoms with E-state index in [9.17, 15) is 13.2 Å². The predicted octanol–water partition coefficient (Wildman–Crippen LogP) is 3.12. The highest BCUT2D eigenvalue weighted by Gasteiger charge is 2.23. The summed E-state index contributed by atoms with van der Waals surface area (Å²) < 4.78 is 28.7. The van der Waals surface area contributed by atoms with Crippen LogP contribution in [0.2, 0.25) is 0 Å². The van der Waals surface area contributed by atoms with Gasteiger partial charge in [0.25, 0.3) is 0 Å². The van der Waals surface area contributed by atoms with Crippen LogP contribution < -0.4 is 5.32 Å². The summed E-state index contributed by atoms with van der Waals surface area (Å²) in [4.78, 5) is 11.9. The van der Waals surface area contributed by atoms with E-state index in [1.807, 2.05) is 30.3 Å². The predicted molar refractivity (Wildman–Crippen MR) is 92.4 cm³/mol. The quantitative estimate of drug-likeness (QED) is 0.757. The molecule has 0 bridgehead atoms. The summed E-state index contributed by atoms with van der Waals surface area (Å²) in [5.41, 5.74) is 0.436. The molecule has 1 aromatic rings. The van der Waals surface area contributed by atoms with Gasteiger partial charge in [0.1, 0.15) is 10.8 Å². The van der Waals surface area contributed by atoms with Gasteiger partial charge in [0.05, 0.1) is 5.75 Å². The van der Waals surface area contributed by atoms with E-state index in [2.05, 4.69) is 5.32 Å². The maximum absolute atomic E-state index is 11.9. The van der Waals surface area contributed by atoms with Crippen molar-refractivity contribution in [3.63, 3.8) is 0 Å². The number of benzene rings is 1. The SMILES string of the molecule is CC(C)(C)OC(=O)NC(CCc1ccccc1)CS(=O)(=O)CCl. The first-order valence-electron chi connectivity index (χ1n) is 7.41. The zero-order valence-electron chi connectivity index (χ0n) is 13.7. The van der Waals surface area contributed by atoms with E-state index in [0.29, 0.717) is 12.8 Å². The van der Waals surface area contributed by atoms with Crippen LogP contribution in [0.15, 0.2) is 30.3 Å². The molecule has 0 fully saturated rings. The van der Waals surface area contributed by atoms with Crippen molar-refractivity contribution in [3.05, 3.63) is 35.9 Å². The smallest absolute Gasteiger partial charge is 0.407 e. The molecule has 7 heteroatoms. The summed E-state index contributed by atoms with van der Waals surface area (Å²) in [5.74, 6) is -0.206. The normalized spacial score (nSPS) is 13.4. The molecule has 1 amide bonds. The van der Waals surface area contributed by atoms with Crippen molar-refractivity contribution in [2.45, 2.75) is 45.3 Å². The number of hydrogen-bond acceptors (Lipinski definition) is 4. The molecule has 0 aliphatic rings. The van der Waals surface area contributed by atoms with Crippen LogP contribution in [0.3, 0.4) is 0 Å². The fourth-order valence-electron chi connectivity index (χ4n) is 2.01. The van der Waals surface area contributed by atoms with Crippen LogP contribution in [0.5, 0.6) is 0 Å². The van der Waals surface area contributed by atoms with Gasteiger partial charge in [-0.25, -0.2) is 13.2 Å². The highest BCUT2D eigenvalue weighted by atomic mass is 35.5. The van der Waals surface area contributed by atoms with Crippen LogP contribution in [0, 0.1) is 0 Å². The first-order valence-corrected chi connectivity index (χ1v) is 9.77. The molecular formula is C16H24ClNO4S. The maximum atomic E-state index is 11.9. The minimum atomic E-state index is -3.42. The van der Waals surface area contributed by atoms with Gasteiger partial charge in [-0.2, -0.15) is 0 Å². The molecule has 1 aromatic carbocycles. The molecule has 0 spiro atoms. The van der Waals surface area contributed by atoms with E-state index < -0.39 is 32.8 Å². The molecule has 23 heavy (non-hydrogen) atoms. The number of sulfone groups is 1. The summed E-state index contributed by atoms with van der Waals surface area (Å²) in [6, 6.07) is 9.12. The third-order valence-electron chi connectivity index (χ3n) is 2.97. The Morgan fingerprint density at radius 3 is 2.39 bits per heavy atom. The maximum Gasteiger partial charge on any atom is 0.407 e. The minimum Gasteiger partial charge on any atom is -0.444 e. The van der Waals surface area contributed by atoms with Crippen LogP contribution in [-0.4, -0.2) is 37.1 Å². The van der Waals surface area contributed by atoms with Gasteiger partial charge < -0.3 is 10.1 Å². The third-order valence-corrected chi connectivity index (χ3v) is 5.21. The lowest BCUT2D eigenvalue weighted by Gasteiger charge is -2.23. The number of alkyl carbamates (subject to hydrolysis) is 1. The average molecular weight is 362 g/mol. The van der Waals surface area contributed by atoms with Gasteiger partial charge in [0.15, 0.2) is 9.84 Å². The fraction of sp³-hybridized carbons (Fsp3) is 0.562. The zero-order chi connectivity index (χ0) is 17.5. The number of hydrogen-bond donors (Lipinski definition) is 1. The lowest BCUT2D eigenvalue weighted by molar-refractivity contribution is 0.0507. The van der Waals surface area contributed by atoms with Crippen molar-refractivity contribution in [3.8, 4) is 0 Å². The third kappa shape index (κ3) is 8.81. The summed E-state index contributed by atoms with van der Waals surface area (Å²) in [6.07, 6.45) is 0.513. The molecule has 0 saturated carbocycles. The van der Waals surface area contributed by atoms with Gasteiger partial charge in [0.2, 0.25) is 0 Å². The van der Waals surface area contributed by atoms with Gasteiger partial charge in [-0.3, -0.25) is 0 Å². The first-order chi connectivity index (χ1) is 10.6. The molecule has 0 aromatic heterocycles. The summed E-state index contributed by atoms with van der Waals surface area (Å²) >= 11 is 5.47. The number of amides is 1. The van der Waals surface area contributed by atoms with Crippen molar-refractivity contribution in [2.75, 3.05) is 11.0 Å². The minimum absolute atomic E-state index is 0.206. The van der Waals surface area contributed by atoms with E-state index >= 15 is 0 Å². The van der Waals surface area contributed by atoms with Crippen molar-refractivity contribution in [1.82, 2.24) is 5.32 Å². The molecule has 0 aliphatic heterocycles. The number of ether oxygens (including phenoxy) is 1. The molecule has 0 aliphatic carbocycles. The van der Waals surface area contributed by atoms with Gasteiger partial charge >= 0.3 is 6.09 Å². The fourth-order valence-corrected chi connectivity index (χ4v) is 3.23. The zero-order valence-corrected chi connectivity index (χ0v) is 15.3. The van der Waals surface area contributed by atoms with Gasteiger partial charge in [-0.1, -0.05) is 30.3 Å². The van der Waals surface area contributed by atoms with Crippen molar-refractivity contribution in [2.24, 2.45) is 0 Å². The molecule has 1 atom stereocenters. The second-order valence-corrected chi connectivity index (χ2v) is 9.08. The molecule has 0 radical (unpaired) electrons. The Balaban J connectivity index is 2.70. The molecular weight excluding hydrogens is 338 g/mol. The van der Waals surface area contributed by atoms with Crippen LogP contribution in [-0.2, 0) is 21.0 Å². The van der Waals surface area contributed by atoms with Crippen molar-refractivity contribution < 1.29 is 17.9 Å². The Morgan fingerprint density at radius 2 is 1.87 bits per heavy atom. The molecule has 130 valence electrons. The highest BCUT2D eigenvalue weighted by Crippen LogP contribution is 2.11. The average Bonchev–Trinajstić information content (AvgIpc) is 2.43. The lowest BCUT2D eigenvalue weighted by Crippen LogP contribution is -2.43. The number of alkyl halides is 1. The Morgan fingerprint density at radius 1 is 1.26 bits per heavy atom. The molecule has 0 saturated heterocycles. The van der Waals surface area contributed by atoms with Crippen molar-refractivity contribution >= 4 is 27.5 Å². The number of nitrogens with one attached hydrogen (secondary N) is 1. The molecule has 1 N–H and O–H groups in total. The van der Waals surface area contributed by atoms with Crippen LogP contribution in [0.25, 0.3) is 0 Å². The lowest BCUT2D eigenvalue weighted by atomic mass is 10.1. The Bertz CT molecular complexity index is 596. The number of carbonyl (C=O) groups excluding carboxylic acids is 1. The van der Waals surface area contributed by atoms with Crippen LogP contribution in [0.4, 0.5) is 4.79 Å². The Kier molecular flexibility index (Phi) is 7.35. The summed E-state index contributed by atoms with van der Waals surface area (Å²) in [5, 5.41) is 2.17. The number of aryl methyl sites for hydroxylation is 1. The van der Waals surface area contributed by atoms with Gasteiger partial charge in [-0.05, 0) is 39.2 Å². The molecule has 0 heterocycles. The topological polar surface area (TPSA) is 72.5 Å². The number of rotatable bonds is 7. The van der Waals surface area contributed by atoms with E-state index in [0.717, 1.165) is 5.56 Å². The molecule has 1 rings (SSSR count). The van der Waals surface area contributed by atoms with E-state index in [4.69, 9.17) is 16.3 Å². The largest absolute Gasteiger partial charge is 0.444 e. The first kappa shape index (κ1) is 19.8. The van der Waals surface area contributed by atoms with Crippen molar-refractivity contribution in [1.29, 1.82) is 0 Å². The highest BCUT2D eigenvalue weighted by molar-refractivity contribution is 7.92. The van der Waals surface area contributed by atoms with E-state index in [-0.39, 0.29) is 5.75 Å². The number of halogens is 1. The Hall–Kier alpha value is -1.27. The second-order valence-electron chi connectivity index (χ2n) is 6.39. The number of carbonyl (C=O) groups is 1. The van der Waals surface area contributed by atoms with E-state index in [1.165, 1.54) is 0 Å². The monoisotopic (exact) mass is 361 g/mol. The van der Waals surface area contributed by atoms with Gasteiger partial charge in [-0.15, -0.1) is 11.6 Å². The standard InChI is InChI=1S/C16H24ClNO4S/c1-16(2,3)22-15(19)18-14(11-23(20,21)12-17)10-9-13-7-5-4-6-8-13/h4-8,14H,9-12H2,1-3H3,(H,18,19). The Labute approximate surface area is 143 Å². The summed E-state index contributed by atoms with van der Waals surface area (Å²) in [7, 11) is -3.42. The second kappa shape index (κ2) is 8.55. The summed E-state index contributed by atoms with van der Waals surface area (Å²) in [6.45, 7) is 5.25. The molecule has 1 unspecified atom stereocenters.